The van der Waals surface area contributed by atoms with Crippen molar-refractivity contribution >= 4 is 69.1 Å². The van der Waals surface area contributed by atoms with Crippen LogP contribution >= 0.6 is 46.0 Å². The third kappa shape index (κ3) is 5.71. The van der Waals surface area contributed by atoms with Crippen molar-refractivity contribution in [2.75, 3.05) is 14.2 Å². The summed E-state index contributed by atoms with van der Waals surface area (Å²) in [5, 5.41) is 0.165. The van der Waals surface area contributed by atoms with E-state index < -0.39 is 17.1 Å². The highest BCUT2D eigenvalue weighted by Gasteiger charge is 2.36. The van der Waals surface area contributed by atoms with Crippen LogP contribution in [0.4, 0.5) is 4.79 Å². The van der Waals surface area contributed by atoms with Gasteiger partial charge in [-0.15, -0.1) is 0 Å². The predicted molar refractivity (Wildman–Crippen MR) is 143 cm³/mol. The Bertz CT molecular complexity index is 1370. The number of hydrogen-bond acceptors (Lipinski definition) is 8. The molecule has 0 atom stereocenters. The number of rotatable bonds is 8. The number of carbonyl (C=O) groups excluding carboxylic acids is 3. The first kappa shape index (κ1) is 26.1. The van der Waals surface area contributed by atoms with E-state index in [2.05, 4.69) is 27.3 Å². The number of hydrogen-bond donors (Lipinski definition) is 0. The number of thioether (sulfide) groups is 1. The molecule has 1 aromatic heterocycles. The molecule has 11 heteroatoms. The number of furan rings is 1. The summed E-state index contributed by atoms with van der Waals surface area (Å²) in [5.41, 5.74) is 1.50. The second kappa shape index (κ2) is 11.4. The summed E-state index contributed by atoms with van der Waals surface area (Å²) < 4.78 is 22.2. The summed E-state index contributed by atoms with van der Waals surface area (Å²) in [6, 6.07) is 13.9. The first-order chi connectivity index (χ1) is 17.3. The quantitative estimate of drug-likeness (QED) is 0.165. The Balaban J connectivity index is 1.51. The number of carbonyl (C=O) groups is 3. The van der Waals surface area contributed by atoms with E-state index in [1.54, 1.807) is 18.2 Å². The Morgan fingerprint density at radius 1 is 1.17 bits per heavy atom. The van der Waals surface area contributed by atoms with Crippen molar-refractivity contribution in [1.29, 1.82) is 0 Å². The Hall–Kier alpha value is -2.96. The molecular formula is C25H19ClINO7S. The SMILES string of the molecule is COC(=O)c1ccc(CN2C(=O)S/C(=C/c3cc(I)c(OCc4ccccc4Cl)c(OC)c3)C2=O)o1. The lowest BCUT2D eigenvalue weighted by Gasteiger charge is -2.14. The van der Waals surface area contributed by atoms with E-state index in [0.717, 1.165) is 25.8 Å². The molecule has 2 amide bonds. The lowest BCUT2D eigenvalue weighted by molar-refractivity contribution is -0.123. The van der Waals surface area contributed by atoms with Crippen molar-refractivity contribution in [3.8, 4) is 11.5 Å². The van der Waals surface area contributed by atoms with Gasteiger partial charge in [-0.05, 0) is 76.3 Å². The molecule has 0 radical (unpaired) electrons. The first-order valence-corrected chi connectivity index (χ1v) is 12.7. The molecule has 1 saturated heterocycles. The van der Waals surface area contributed by atoms with Gasteiger partial charge in [0.15, 0.2) is 11.5 Å². The number of esters is 1. The Morgan fingerprint density at radius 3 is 2.67 bits per heavy atom. The predicted octanol–water partition coefficient (Wildman–Crippen LogP) is 6.15. The number of nitrogens with zero attached hydrogens (tertiary/aromatic N) is 1. The average molecular weight is 640 g/mol. The van der Waals surface area contributed by atoms with Gasteiger partial charge in [0.1, 0.15) is 12.4 Å². The highest BCUT2D eigenvalue weighted by molar-refractivity contribution is 14.1. The van der Waals surface area contributed by atoms with E-state index in [0.29, 0.717) is 22.1 Å². The summed E-state index contributed by atoms with van der Waals surface area (Å²) in [6.45, 7) is 0.156. The third-order valence-corrected chi connectivity index (χ3v) is 7.19. The average Bonchev–Trinajstić information content (AvgIpc) is 3.44. The van der Waals surface area contributed by atoms with E-state index in [1.807, 2.05) is 24.3 Å². The normalized spacial score (nSPS) is 14.4. The van der Waals surface area contributed by atoms with Crippen LogP contribution < -0.4 is 9.47 Å². The highest BCUT2D eigenvalue weighted by atomic mass is 127. The van der Waals surface area contributed by atoms with Crippen LogP contribution in [-0.4, -0.2) is 36.2 Å². The first-order valence-electron chi connectivity index (χ1n) is 10.5. The fraction of sp³-hybridized carbons (Fsp3) is 0.160. The van der Waals surface area contributed by atoms with Crippen molar-refractivity contribution in [2.45, 2.75) is 13.2 Å². The topological polar surface area (TPSA) is 95.3 Å². The van der Waals surface area contributed by atoms with Gasteiger partial charge in [0, 0.05) is 10.6 Å². The number of halogens is 2. The molecule has 0 unspecified atom stereocenters. The Kier molecular flexibility index (Phi) is 8.27. The number of amides is 2. The molecule has 0 N–H and O–H groups in total. The fourth-order valence-corrected chi connectivity index (χ4v) is 5.15. The molecule has 8 nitrogen and oxygen atoms in total. The fourth-order valence-electron chi connectivity index (χ4n) is 3.35. The second-order valence-corrected chi connectivity index (χ2v) is 10.0. The zero-order valence-electron chi connectivity index (χ0n) is 19.1. The van der Waals surface area contributed by atoms with Gasteiger partial charge in [-0.3, -0.25) is 14.5 Å². The minimum Gasteiger partial charge on any atom is -0.493 e. The van der Waals surface area contributed by atoms with E-state index in [9.17, 15) is 14.4 Å². The van der Waals surface area contributed by atoms with Gasteiger partial charge in [0.2, 0.25) is 5.76 Å². The molecule has 3 aromatic rings. The lowest BCUT2D eigenvalue weighted by Crippen LogP contribution is -2.27. The molecular weight excluding hydrogens is 621 g/mol. The summed E-state index contributed by atoms with van der Waals surface area (Å²) in [5.74, 6) is 0.198. The van der Waals surface area contributed by atoms with Gasteiger partial charge in [0.25, 0.3) is 11.1 Å². The highest BCUT2D eigenvalue weighted by Crippen LogP contribution is 2.38. The third-order valence-electron chi connectivity index (χ3n) is 5.12. The van der Waals surface area contributed by atoms with E-state index >= 15 is 0 Å². The zero-order valence-corrected chi connectivity index (χ0v) is 22.8. The van der Waals surface area contributed by atoms with Crippen LogP contribution in [0.3, 0.4) is 0 Å². The summed E-state index contributed by atoms with van der Waals surface area (Å²) in [6.07, 6.45) is 1.62. The van der Waals surface area contributed by atoms with Crippen molar-refractivity contribution in [1.82, 2.24) is 4.90 Å². The van der Waals surface area contributed by atoms with Gasteiger partial charge in [0.05, 0.1) is 29.2 Å². The van der Waals surface area contributed by atoms with Gasteiger partial charge in [-0.1, -0.05) is 29.8 Å². The molecule has 2 heterocycles. The number of imide groups is 1. The molecule has 0 saturated carbocycles. The standard InChI is InChI=1S/C25H19ClINO7S/c1-32-20-10-14(9-18(27)22(20)34-13-15-5-3-4-6-17(15)26)11-21-23(29)28(25(31)36-21)12-16-7-8-19(35-16)24(30)33-2/h3-11H,12-13H2,1-2H3/b21-11+. The van der Waals surface area contributed by atoms with Crippen molar-refractivity contribution in [3.63, 3.8) is 0 Å². The minimum atomic E-state index is -0.641. The molecule has 1 aliphatic heterocycles. The summed E-state index contributed by atoms with van der Waals surface area (Å²) in [4.78, 5) is 38.3. The molecule has 36 heavy (non-hydrogen) atoms. The van der Waals surface area contributed by atoms with Crippen molar-refractivity contribution in [3.05, 3.63) is 84.7 Å². The van der Waals surface area contributed by atoms with E-state index in [1.165, 1.54) is 26.4 Å². The van der Waals surface area contributed by atoms with Crippen LogP contribution in [0.15, 0.2) is 57.9 Å². The molecule has 0 aliphatic carbocycles. The lowest BCUT2D eigenvalue weighted by atomic mass is 10.1. The van der Waals surface area contributed by atoms with Crippen LogP contribution in [-0.2, 0) is 22.7 Å². The maximum Gasteiger partial charge on any atom is 0.373 e. The maximum atomic E-state index is 12.9. The number of benzene rings is 2. The van der Waals surface area contributed by atoms with Crippen LogP contribution in [0.1, 0.15) is 27.4 Å². The smallest absolute Gasteiger partial charge is 0.373 e. The van der Waals surface area contributed by atoms with Gasteiger partial charge < -0.3 is 18.6 Å². The Morgan fingerprint density at radius 2 is 1.94 bits per heavy atom. The zero-order chi connectivity index (χ0) is 25.8. The van der Waals surface area contributed by atoms with Crippen molar-refractivity contribution in [2.24, 2.45) is 0 Å². The van der Waals surface area contributed by atoms with Gasteiger partial charge >= 0.3 is 5.97 Å². The maximum absolute atomic E-state index is 12.9. The van der Waals surface area contributed by atoms with E-state index in [-0.39, 0.29) is 29.6 Å². The van der Waals surface area contributed by atoms with Crippen molar-refractivity contribution < 1.29 is 33.0 Å². The molecule has 0 spiro atoms. The van der Waals surface area contributed by atoms with E-state index in [4.69, 9.17) is 25.5 Å². The molecule has 186 valence electrons. The van der Waals surface area contributed by atoms with Crippen LogP contribution in [0.25, 0.3) is 6.08 Å². The molecule has 2 aromatic carbocycles. The van der Waals surface area contributed by atoms with Gasteiger partial charge in [-0.25, -0.2) is 4.79 Å². The van der Waals surface area contributed by atoms with Gasteiger partial charge in [-0.2, -0.15) is 0 Å². The number of ether oxygens (including phenoxy) is 3. The molecule has 4 rings (SSSR count). The molecule has 1 fully saturated rings. The monoisotopic (exact) mass is 639 g/mol. The minimum absolute atomic E-state index is 0.00599. The Labute approximate surface area is 229 Å². The number of methoxy groups -OCH3 is 2. The largest absolute Gasteiger partial charge is 0.493 e. The summed E-state index contributed by atoms with van der Waals surface area (Å²) >= 11 is 9.17. The second-order valence-electron chi connectivity index (χ2n) is 7.44. The van der Waals surface area contributed by atoms with Crippen LogP contribution in [0.2, 0.25) is 5.02 Å². The molecule has 0 bridgehead atoms. The molecule has 1 aliphatic rings. The van der Waals surface area contributed by atoms with Crippen LogP contribution in [0, 0.1) is 3.57 Å². The van der Waals surface area contributed by atoms with Crippen LogP contribution in [0.5, 0.6) is 11.5 Å². The summed E-state index contributed by atoms with van der Waals surface area (Å²) in [7, 11) is 2.76.